The standard InChI is InChI=1S/C28H32Cl2N6O2.2ClH/c1-32-26-25(27(37)33(2)28(32)38)36(19-31-26)14-4-3-13-34-15-17-35(18-16-34)24(20-5-9-22(29)10-6-20)21-7-11-23(30)12-8-21;;/h5-12,19,24H,3-4,13-18H2,1-2H3;2*1H. The second kappa shape index (κ2) is 14.0. The van der Waals surface area contributed by atoms with Crippen LogP contribution in [-0.2, 0) is 20.6 Å². The Morgan fingerprint density at radius 2 is 1.30 bits per heavy atom. The monoisotopic (exact) mass is 626 g/mol. The average Bonchev–Trinajstić information content (AvgIpc) is 3.36. The number of hydrogen-bond acceptors (Lipinski definition) is 5. The molecule has 4 aromatic rings. The molecular formula is C28H34Cl4N6O2. The van der Waals surface area contributed by atoms with Gasteiger partial charge in [0.15, 0.2) is 11.2 Å². The van der Waals surface area contributed by atoms with Crippen molar-refractivity contribution in [2.45, 2.75) is 25.4 Å². The van der Waals surface area contributed by atoms with Crippen molar-refractivity contribution in [1.82, 2.24) is 28.5 Å². The summed E-state index contributed by atoms with van der Waals surface area (Å²) in [6.45, 7) is 5.61. The van der Waals surface area contributed by atoms with Crippen LogP contribution in [0.25, 0.3) is 11.2 Å². The molecule has 1 fully saturated rings. The minimum absolute atomic E-state index is 0. The van der Waals surface area contributed by atoms with Crippen LogP contribution in [0.1, 0.15) is 30.0 Å². The number of unbranched alkanes of at least 4 members (excludes halogenated alkanes) is 1. The van der Waals surface area contributed by atoms with Gasteiger partial charge in [-0.15, -0.1) is 24.8 Å². The van der Waals surface area contributed by atoms with Crippen molar-refractivity contribution in [3.05, 3.63) is 96.9 Å². The molecule has 0 unspecified atom stereocenters. The van der Waals surface area contributed by atoms with E-state index in [1.54, 1.807) is 13.4 Å². The number of benzene rings is 2. The van der Waals surface area contributed by atoms with Gasteiger partial charge in [0, 0.05) is 56.9 Å². The van der Waals surface area contributed by atoms with Gasteiger partial charge < -0.3 is 9.47 Å². The van der Waals surface area contributed by atoms with Gasteiger partial charge in [-0.1, -0.05) is 47.5 Å². The Labute approximate surface area is 255 Å². The molecule has 5 rings (SSSR count). The third kappa shape index (κ3) is 6.75. The Kier molecular flexibility index (Phi) is 11.3. The Bertz CT molecular complexity index is 1480. The first kappa shape index (κ1) is 32.2. The van der Waals surface area contributed by atoms with E-state index in [2.05, 4.69) is 39.0 Å². The Morgan fingerprint density at radius 3 is 1.85 bits per heavy atom. The van der Waals surface area contributed by atoms with Gasteiger partial charge in [-0.2, -0.15) is 0 Å². The molecule has 40 heavy (non-hydrogen) atoms. The molecule has 8 nitrogen and oxygen atoms in total. The molecular weight excluding hydrogens is 594 g/mol. The maximum Gasteiger partial charge on any atom is 0.332 e. The topological polar surface area (TPSA) is 68.3 Å². The van der Waals surface area contributed by atoms with Crippen LogP contribution in [0.4, 0.5) is 0 Å². The van der Waals surface area contributed by atoms with Gasteiger partial charge in [-0.3, -0.25) is 18.8 Å². The van der Waals surface area contributed by atoms with Crippen LogP contribution in [0.5, 0.6) is 0 Å². The van der Waals surface area contributed by atoms with Gasteiger partial charge in [0.25, 0.3) is 5.56 Å². The molecule has 0 bridgehead atoms. The Morgan fingerprint density at radius 1 is 0.775 bits per heavy atom. The highest BCUT2D eigenvalue weighted by Gasteiger charge is 2.26. The molecule has 0 radical (unpaired) electrons. The Hall–Kier alpha value is -2.33. The number of hydrogen-bond donors (Lipinski definition) is 0. The normalized spacial score (nSPS) is 14.3. The molecule has 216 valence electrons. The summed E-state index contributed by atoms with van der Waals surface area (Å²) in [4.78, 5) is 34.2. The van der Waals surface area contributed by atoms with E-state index < -0.39 is 0 Å². The van der Waals surface area contributed by atoms with Gasteiger partial charge in [0.05, 0.1) is 12.4 Å². The zero-order valence-electron chi connectivity index (χ0n) is 22.5. The number of rotatable bonds is 8. The van der Waals surface area contributed by atoms with Gasteiger partial charge >= 0.3 is 5.69 Å². The van der Waals surface area contributed by atoms with Crippen molar-refractivity contribution in [1.29, 1.82) is 0 Å². The molecule has 0 N–H and O–H groups in total. The van der Waals surface area contributed by atoms with E-state index >= 15 is 0 Å². The van der Waals surface area contributed by atoms with E-state index in [0.29, 0.717) is 17.7 Å². The molecule has 2 aromatic heterocycles. The zero-order chi connectivity index (χ0) is 26.8. The predicted octanol–water partition coefficient (Wildman–Crippen LogP) is 4.77. The summed E-state index contributed by atoms with van der Waals surface area (Å²) in [6.07, 6.45) is 3.61. The Balaban J connectivity index is 0.00000220. The first-order valence-corrected chi connectivity index (χ1v) is 13.7. The summed E-state index contributed by atoms with van der Waals surface area (Å²) < 4.78 is 4.44. The van der Waals surface area contributed by atoms with Gasteiger partial charge in [-0.05, 0) is 54.8 Å². The first-order chi connectivity index (χ1) is 18.3. The van der Waals surface area contributed by atoms with Crippen LogP contribution >= 0.6 is 48.0 Å². The fourth-order valence-electron chi connectivity index (χ4n) is 5.33. The number of fused-ring (bicyclic) bond motifs is 1. The van der Waals surface area contributed by atoms with Gasteiger partial charge in [0.1, 0.15) is 0 Å². The summed E-state index contributed by atoms with van der Waals surface area (Å²) in [5, 5.41) is 1.48. The third-order valence-corrected chi connectivity index (χ3v) is 7.99. The minimum atomic E-state index is -0.360. The smallest absolute Gasteiger partial charge is 0.325 e. The molecule has 0 atom stereocenters. The van der Waals surface area contributed by atoms with E-state index in [-0.39, 0.29) is 42.1 Å². The number of aryl methyl sites for hydroxylation is 2. The maximum atomic E-state index is 12.7. The van der Waals surface area contributed by atoms with Crippen LogP contribution in [0.2, 0.25) is 10.0 Å². The quantitative estimate of drug-likeness (QED) is 0.263. The summed E-state index contributed by atoms with van der Waals surface area (Å²) in [5.74, 6) is 0. The van der Waals surface area contributed by atoms with Gasteiger partial charge in [-0.25, -0.2) is 9.78 Å². The molecule has 3 heterocycles. The van der Waals surface area contributed by atoms with Crippen molar-refractivity contribution in [2.75, 3.05) is 32.7 Å². The number of aromatic nitrogens is 4. The molecule has 1 aliphatic heterocycles. The largest absolute Gasteiger partial charge is 0.332 e. The lowest BCUT2D eigenvalue weighted by Crippen LogP contribution is -2.48. The van der Waals surface area contributed by atoms with E-state index in [1.807, 2.05) is 28.8 Å². The number of imidazole rings is 1. The highest BCUT2D eigenvalue weighted by molar-refractivity contribution is 6.30. The van der Waals surface area contributed by atoms with Crippen molar-refractivity contribution in [2.24, 2.45) is 14.1 Å². The summed E-state index contributed by atoms with van der Waals surface area (Å²) in [6, 6.07) is 16.4. The van der Waals surface area contributed by atoms with Crippen LogP contribution in [0.15, 0.2) is 64.4 Å². The molecule has 0 amide bonds. The predicted molar refractivity (Wildman–Crippen MR) is 167 cm³/mol. The molecule has 1 aliphatic rings. The van der Waals surface area contributed by atoms with Gasteiger partial charge in [0.2, 0.25) is 0 Å². The average molecular weight is 628 g/mol. The van der Waals surface area contributed by atoms with E-state index in [1.165, 1.54) is 22.7 Å². The van der Waals surface area contributed by atoms with Crippen molar-refractivity contribution in [3.8, 4) is 0 Å². The second-order valence-corrected chi connectivity index (χ2v) is 10.8. The molecule has 12 heteroatoms. The van der Waals surface area contributed by atoms with E-state index in [4.69, 9.17) is 23.2 Å². The molecule has 0 spiro atoms. The van der Waals surface area contributed by atoms with Crippen LogP contribution in [-0.4, -0.2) is 61.2 Å². The maximum absolute atomic E-state index is 12.7. The number of piperazine rings is 1. The molecule has 1 saturated heterocycles. The minimum Gasteiger partial charge on any atom is -0.325 e. The highest BCUT2D eigenvalue weighted by atomic mass is 35.5. The summed E-state index contributed by atoms with van der Waals surface area (Å²) in [5.41, 5.74) is 2.71. The lowest BCUT2D eigenvalue weighted by molar-refractivity contribution is 0.108. The highest BCUT2D eigenvalue weighted by Crippen LogP contribution is 2.31. The zero-order valence-corrected chi connectivity index (χ0v) is 25.6. The first-order valence-electron chi connectivity index (χ1n) is 12.9. The second-order valence-electron chi connectivity index (χ2n) is 9.91. The fourth-order valence-corrected chi connectivity index (χ4v) is 5.59. The van der Waals surface area contributed by atoms with Crippen molar-refractivity contribution >= 4 is 59.2 Å². The van der Waals surface area contributed by atoms with Crippen molar-refractivity contribution < 1.29 is 0 Å². The molecule has 2 aromatic carbocycles. The lowest BCUT2D eigenvalue weighted by atomic mass is 9.96. The van der Waals surface area contributed by atoms with Crippen LogP contribution < -0.4 is 11.2 Å². The third-order valence-electron chi connectivity index (χ3n) is 7.48. The molecule has 0 saturated carbocycles. The van der Waals surface area contributed by atoms with Crippen LogP contribution in [0.3, 0.4) is 0 Å². The van der Waals surface area contributed by atoms with Crippen molar-refractivity contribution in [3.63, 3.8) is 0 Å². The SMILES string of the molecule is Cl.Cl.Cn1c(=O)c2c(ncn2CCCCN2CCN(C(c3ccc(Cl)cc3)c3ccc(Cl)cc3)CC2)n(C)c1=O. The lowest BCUT2D eigenvalue weighted by Gasteiger charge is -2.40. The summed E-state index contributed by atoms with van der Waals surface area (Å²) in [7, 11) is 3.15. The van der Waals surface area contributed by atoms with E-state index in [0.717, 1.165) is 60.2 Å². The fraction of sp³-hybridized carbons (Fsp3) is 0.393. The van der Waals surface area contributed by atoms with E-state index in [9.17, 15) is 9.59 Å². The number of nitrogens with zero attached hydrogens (tertiary/aromatic N) is 6. The summed E-state index contributed by atoms with van der Waals surface area (Å²) >= 11 is 12.3. The number of halogens is 4. The van der Waals surface area contributed by atoms with Crippen LogP contribution in [0, 0.1) is 0 Å². The molecule has 0 aliphatic carbocycles.